The van der Waals surface area contributed by atoms with E-state index in [4.69, 9.17) is 10.5 Å². The number of fused-ring (bicyclic) bond motifs is 3. The van der Waals surface area contributed by atoms with Crippen LogP contribution in [0.2, 0.25) is 0 Å². The number of nitrogens with two attached hydrogens (primary N) is 1. The molecule has 3 aromatic carbocycles. The van der Waals surface area contributed by atoms with Crippen molar-refractivity contribution in [1.29, 1.82) is 0 Å². The van der Waals surface area contributed by atoms with E-state index in [2.05, 4.69) is 41.5 Å². The van der Waals surface area contributed by atoms with Gasteiger partial charge in [-0.2, -0.15) is 0 Å². The average Bonchev–Trinajstić information content (AvgIpc) is 3.10. The molecule has 0 aliphatic rings. The number of benzene rings is 3. The minimum atomic E-state index is -0.0284. The van der Waals surface area contributed by atoms with E-state index in [0.29, 0.717) is 30.9 Å². The fourth-order valence-corrected chi connectivity index (χ4v) is 3.61. The van der Waals surface area contributed by atoms with Crippen LogP contribution in [0.4, 0.5) is 11.4 Å². The molecule has 0 saturated carbocycles. The van der Waals surface area contributed by atoms with Crippen LogP contribution in [0.1, 0.15) is 25.3 Å². The maximum absolute atomic E-state index is 12.3. The third-order valence-electron chi connectivity index (χ3n) is 5.11. The number of carbonyl (C=O) groups excluding carboxylic acids is 1. The molecule has 5 heteroatoms. The van der Waals surface area contributed by atoms with Crippen LogP contribution in [0.5, 0.6) is 5.75 Å². The normalized spacial score (nSPS) is 11.1. The molecule has 1 amide bonds. The molecule has 0 atom stereocenters. The largest absolute Gasteiger partial charge is 0.491 e. The van der Waals surface area contributed by atoms with Gasteiger partial charge < -0.3 is 20.8 Å². The van der Waals surface area contributed by atoms with Crippen LogP contribution < -0.4 is 15.8 Å². The molecule has 0 aliphatic carbocycles. The Labute approximate surface area is 169 Å². The Morgan fingerprint density at radius 3 is 2.76 bits per heavy atom. The number of nitrogens with one attached hydrogen (secondary N) is 2. The summed E-state index contributed by atoms with van der Waals surface area (Å²) in [6.07, 6.45) is 1.98. The number of hydrogen-bond acceptors (Lipinski definition) is 3. The lowest BCUT2D eigenvalue weighted by atomic mass is 10.1. The summed E-state index contributed by atoms with van der Waals surface area (Å²) in [7, 11) is 0. The minimum Gasteiger partial charge on any atom is -0.491 e. The van der Waals surface area contributed by atoms with Gasteiger partial charge in [0.05, 0.1) is 12.3 Å². The fourth-order valence-electron chi connectivity index (χ4n) is 3.61. The average molecular weight is 387 g/mol. The highest BCUT2D eigenvalue weighted by atomic mass is 16.5. The van der Waals surface area contributed by atoms with Crippen molar-refractivity contribution in [1.82, 2.24) is 4.98 Å². The summed E-state index contributed by atoms with van der Waals surface area (Å²) in [4.78, 5) is 15.8. The monoisotopic (exact) mass is 387 g/mol. The second-order valence-corrected chi connectivity index (χ2v) is 7.12. The molecule has 0 radical (unpaired) electrons. The fraction of sp³-hybridized carbons (Fsp3) is 0.208. The van der Waals surface area contributed by atoms with Gasteiger partial charge in [0, 0.05) is 33.9 Å². The van der Waals surface area contributed by atoms with Gasteiger partial charge in [-0.15, -0.1) is 0 Å². The molecule has 0 aliphatic heterocycles. The van der Waals surface area contributed by atoms with Crippen LogP contribution in [0.3, 0.4) is 0 Å². The number of aromatic nitrogens is 1. The van der Waals surface area contributed by atoms with Gasteiger partial charge in [-0.1, -0.05) is 43.3 Å². The molecule has 1 heterocycles. The number of para-hydroxylation sites is 3. The molecule has 0 bridgehead atoms. The van der Waals surface area contributed by atoms with E-state index in [1.807, 2.05) is 30.3 Å². The van der Waals surface area contributed by atoms with Gasteiger partial charge in [-0.05, 0) is 42.7 Å². The predicted molar refractivity (Wildman–Crippen MR) is 119 cm³/mol. The van der Waals surface area contributed by atoms with Crippen molar-refractivity contribution >= 4 is 39.1 Å². The number of aryl methyl sites for hydroxylation is 1. The Balaban J connectivity index is 1.38. The van der Waals surface area contributed by atoms with Gasteiger partial charge in [0.1, 0.15) is 5.75 Å². The topological polar surface area (TPSA) is 80.1 Å². The lowest BCUT2D eigenvalue weighted by molar-refractivity contribution is -0.116. The Kier molecular flexibility index (Phi) is 5.38. The van der Waals surface area contributed by atoms with E-state index in [-0.39, 0.29) is 5.91 Å². The first-order chi connectivity index (χ1) is 14.2. The molecule has 0 fully saturated rings. The first-order valence-corrected chi connectivity index (χ1v) is 9.96. The lowest BCUT2D eigenvalue weighted by Gasteiger charge is -2.09. The summed E-state index contributed by atoms with van der Waals surface area (Å²) in [5.74, 6) is 0.628. The van der Waals surface area contributed by atoms with E-state index in [1.54, 1.807) is 6.07 Å². The van der Waals surface area contributed by atoms with Crippen LogP contribution in [0.25, 0.3) is 21.8 Å². The second-order valence-electron chi connectivity index (χ2n) is 7.12. The number of ether oxygens (including phenoxy) is 1. The molecule has 4 aromatic rings. The highest BCUT2D eigenvalue weighted by molar-refractivity contribution is 6.09. The standard InChI is InChI=1S/C24H25N3O2/c1-2-16-7-5-8-19-18-13-12-17(15-21(18)27-24(16)19)26-23(28)11-6-14-29-22-10-4-3-9-20(22)25/h3-5,7-10,12-13,15,27H,2,6,11,14,25H2,1H3,(H,26,28). The zero-order valence-electron chi connectivity index (χ0n) is 16.5. The molecule has 5 nitrogen and oxygen atoms in total. The molecule has 0 saturated heterocycles. The highest BCUT2D eigenvalue weighted by Gasteiger charge is 2.09. The van der Waals surface area contributed by atoms with Gasteiger partial charge in [0.25, 0.3) is 0 Å². The quantitative estimate of drug-likeness (QED) is 0.299. The molecule has 0 spiro atoms. The van der Waals surface area contributed by atoms with Gasteiger partial charge in [0.2, 0.25) is 5.91 Å². The Hall–Kier alpha value is -3.47. The van der Waals surface area contributed by atoms with Crippen LogP contribution in [-0.4, -0.2) is 17.5 Å². The summed E-state index contributed by atoms with van der Waals surface area (Å²) < 4.78 is 5.64. The summed E-state index contributed by atoms with van der Waals surface area (Å²) in [6, 6.07) is 19.7. The predicted octanol–water partition coefficient (Wildman–Crippen LogP) is 5.26. The number of hydrogen-bond donors (Lipinski definition) is 3. The van der Waals surface area contributed by atoms with E-state index < -0.39 is 0 Å². The first-order valence-electron chi connectivity index (χ1n) is 9.96. The van der Waals surface area contributed by atoms with Crippen LogP contribution in [0.15, 0.2) is 60.7 Å². The number of carbonyl (C=O) groups is 1. The maximum Gasteiger partial charge on any atom is 0.224 e. The SMILES string of the molecule is CCc1cccc2c1[nH]c1cc(NC(=O)CCCOc3ccccc3N)ccc12. The Morgan fingerprint density at radius 1 is 1.07 bits per heavy atom. The number of rotatable bonds is 7. The summed E-state index contributed by atoms with van der Waals surface area (Å²) >= 11 is 0. The van der Waals surface area contributed by atoms with Crippen molar-refractivity contribution in [3.63, 3.8) is 0 Å². The maximum atomic E-state index is 12.3. The van der Waals surface area contributed by atoms with Crippen LogP contribution in [-0.2, 0) is 11.2 Å². The molecule has 1 aromatic heterocycles. The number of nitrogen functional groups attached to an aromatic ring is 1. The molecule has 29 heavy (non-hydrogen) atoms. The van der Waals surface area contributed by atoms with E-state index in [1.165, 1.54) is 21.9 Å². The third kappa shape index (κ3) is 4.04. The van der Waals surface area contributed by atoms with Crippen molar-refractivity contribution in [2.24, 2.45) is 0 Å². The van der Waals surface area contributed by atoms with Crippen molar-refractivity contribution in [3.8, 4) is 5.75 Å². The number of H-pyrrole nitrogens is 1. The summed E-state index contributed by atoms with van der Waals surface area (Å²) in [5, 5.41) is 5.36. The minimum absolute atomic E-state index is 0.0284. The second kappa shape index (κ2) is 8.27. The number of amides is 1. The van der Waals surface area contributed by atoms with Gasteiger partial charge in [0.15, 0.2) is 0 Å². The molecule has 148 valence electrons. The van der Waals surface area contributed by atoms with Crippen molar-refractivity contribution in [3.05, 3.63) is 66.2 Å². The smallest absolute Gasteiger partial charge is 0.224 e. The number of aromatic amines is 1. The van der Waals surface area contributed by atoms with E-state index in [0.717, 1.165) is 17.6 Å². The summed E-state index contributed by atoms with van der Waals surface area (Å²) in [6.45, 7) is 2.60. The van der Waals surface area contributed by atoms with Crippen LogP contribution >= 0.6 is 0 Å². The van der Waals surface area contributed by atoms with Crippen LogP contribution in [0, 0.1) is 0 Å². The van der Waals surface area contributed by atoms with E-state index in [9.17, 15) is 4.79 Å². The molecule has 4 N–H and O–H groups in total. The van der Waals surface area contributed by atoms with Crippen molar-refractivity contribution in [2.45, 2.75) is 26.2 Å². The Morgan fingerprint density at radius 2 is 1.93 bits per heavy atom. The Bertz CT molecular complexity index is 1160. The highest BCUT2D eigenvalue weighted by Crippen LogP contribution is 2.29. The zero-order valence-corrected chi connectivity index (χ0v) is 16.5. The molecular weight excluding hydrogens is 362 g/mol. The van der Waals surface area contributed by atoms with Gasteiger partial charge in [-0.25, -0.2) is 0 Å². The first kappa shape index (κ1) is 18.9. The number of anilines is 2. The zero-order chi connectivity index (χ0) is 20.2. The summed E-state index contributed by atoms with van der Waals surface area (Å²) in [5.41, 5.74) is 10.7. The molecule has 0 unspecified atom stereocenters. The lowest BCUT2D eigenvalue weighted by Crippen LogP contribution is -2.12. The molecular formula is C24H25N3O2. The van der Waals surface area contributed by atoms with Gasteiger partial charge in [-0.3, -0.25) is 4.79 Å². The van der Waals surface area contributed by atoms with Crippen molar-refractivity contribution < 1.29 is 9.53 Å². The third-order valence-corrected chi connectivity index (χ3v) is 5.11. The van der Waals surface area contributed by atoms with Gasteiger partial charge >= 0.3 is 0 Å². The van der Waals surface area contributed by atoms with Crippen molar-refractivity contribution in [2.75, 3.05) is 17.7 Å². The van der Waals surface area contributed by atoms with E-state index >= 15 is 0 Å². The molecule has 4 rings (SSSR count).